The number of imidazole rings is 1. The number of oxazole rings is 1. The number of fused-ring (bicyclic) bond motifs is 1. The van der Waals surface area contributed by atoms with Crippen LogP contribution in [0.5, 0.6) is 5.75 Å². The van der Waals surface area contributed by atoms with Crippen molar-refractivity contribution in [2.24, 2.45) is 5.73 Å². The smallest absolute Gasteiger partial charge is 0.295 e. The zero-order valence-electron chi connectivity index (χ0n) is 15.9. The molecule has 0 aliphatic carbocycles. The zero-order valence-corrected chi connectivity index (χ0v) is 15.9. The van der Waals surface area contributed by atoms with Crippen LogP contribution in [0.1, 0.15) is 39.4 Å². The number of hydrogen-bond acceptors (Lipinski definition) is 6. The first-order valence-electron chi connectivity index (χ1n) is 8.66. The third-order valence-corrected chi connectivity index (χ3v) is 4.19. The van der Waals surface area contributed by atoms with Crippen molar-refractivity contribution in [2.75, 3.05) is 12.4 Å². The second-order valence-corrected chi connectivity index (χ2v) is 6.06. The highest BCUT2D eigenvalue weighted by molar-refractivity contribution is 6.04. The molecular weight excluding hydrogens is 362 g/mol. The number of amides is 2. The van der Waals surface area contributed by atoms with Crippen LogP contribution in [-0.2, 0) is 13.0 Å². The van der Waals surface area contributed by atoms with Gasteiger partial charge in [0.15, 0.2) is 5.89 Å². The summed E-state index contributed by atoms with van der Waals surface area (Å²) in [4.78, 5) is 33.0. The summed E-state index contributed by atoms with van der Waals surface area (Å²) in [6.07, 6.45) is 2.22. The Morgan fingerprint density at radius 1 is 1.39 bits per heavy atom. The van der Waals surface area contributed by atoms with Crippen LogP contribution in [0.2, 0.25) is 0 Å². The maximum absolute atomic E-state index is 12.7. The molecule has 9 nitrogen and oxygen atoms in total. The first-order valence-corrected chi connectivity index (χ1v) is 8.66. The van der Waals surface area contributed by atoms with Crippen LogP contribution < -0.4 is 15.8 Å². The molecule has 3 aromatic rings. The van der Waals surface area contributed by atoms with Crippen LogP contribution in [0.15, 0.2) is 29.2 Å². The summed E-state index contributed by atoms with van der Waals surface area (Å²) in [7, 11) is 1.48. The van der Waals surface area contributed by atoms with Gasteiger partial charge in [-0.3, -0.25) is 14.9 Å². The van der Waals surface area contributed by atoms with E-state index in [1.165, 1.54) is 13.2 Å². The minimum atomic E-state index is -0.603. The number of nitrogens with one attached hydrogen (secondary N) is 1. The van der Waals surface area contributed by atoms with E-state index in [0.29, 0.717) is 41.3 Å². The molecule has 0 spiro atoms. The van der Waals surface area contributed by atoms with Gasteiger partial charge >= 0.3 is 0 Å². The molecule has 1 aromatic carbocycles. The van der Waals surface area contributed by atoms with Gasteiger partial charge in [0.2, 0.25) is 17.6 Å². The summed E-state index contributed by atoms with van der Waals surface area (Å²) in [5.41, 5.74) is 7.26. The van der Waals surface area contributed by atoms with Crippen LogP contribution in [0.25, 0.3) is 11.0 Å². The van der Waals surface area contributed by atoms with Gasteiger partial charge in [-0.1, -0.05) is 13.0 Å². The Kier molecular flexibility index (Phi) is 5.16. The van der Waals surface area contributed by atoms with Crippen molar-refractivity contribution in [1.82, 2.24) is 14.5 Å². The molecule has 146 valence electrons. The Bertz CT molecular complexity index is 1080. The molecule has 0 fully saturated rings. The van der Waals surface area contributed by atoms with Crippen LogP contribution in [-0.4, -0.2) is 33.5 Å². The monoisotopic (exact) mass is 383 g/mol. The molecule has 2 amide bonds. The van der Waals surface area contributed by atoms with Crippen molar-refractivity contribution >= 4 is 28.8 Å². The van der Waals surface area contributed by atoms with Gasteiger partial charge in [-0.05, 0) is 18.6 Å². The van der Waals surface area contributed by atoms with Gasteiger partial charge in [0, 0.05) is 19.0 Å². The van der Waals surface area contributed by atoms with E-state index in [1.54, 1.807) is 23.6 Å². The summed E-state index contributed by atoms with van der Waals surface area (Å²) in [5.74, 6) is 0.152. The fourth-order valence-corrected chi connectivity index (χ4v) is 2.98. The average Bonchev–Trinajstić information content (AvgIpc) is 3.21. The topological polar surface area (TPSA) is 125 Å². The number of nitrogens with two attached hydrogens (primary N) is 1. The first-order chi connectivity index (χ1) is 13.4. The van der Waals surface area contributed by atoms with E-state index in [-0.39, 0.29) is 17.3 Å². The quantitative estimate of drug-likeness (QED) is 0.604. The number of allylic oxidation sites excluding steroid dienone is 1. The van der Waals surface area contributed by atoms with Gasteiger partial charge in [0.25, 0.3) is 5.91 Å². The minimum absolute atomic E-state index is 0.141. The number of primary amides is 1. The lowest BCUT2D eigenvalue weighted by atomic mass is 10.1. The normalized spacial score (nSPS) is 10.8. The molecule has 0 saturated carbocycles. The number of ether oxygens (including phenoxy) is 1. The fourth-order valence-electron chi connectivity index (χ4n) is 2.98. The average molecular weight is 383 g/mol. The van der Waals surface area contributed by atoms with E-state index in [2.05, 4.69) is 21.9 Å². The van der Waals surface area contributed by atoms with Crippen molar-refractivity contribution in [1.29, 1.82) is 0 Å². The van der Waals surface area contributed by atoms with E-state index >= 15 is 0 Å². The van der Waals surface area contributed by atoms with E-state index in [9.17, 15) is 9.59 Å². The molecule has 0 bridgehead atoms. The predicted molar refractivity (Wildman–Crippen MR) is 104 cm³/mol. The Hall–Kier alpha value is -3.62. The van der Waals surface area contributed by atoms with Gasteiger partial charge in [-0.25, -0.2) is 9.97 Å². The molecule has 3 N–H and O–H groups in total. The number of aryl methyl sites for hydroxylation is 2. The summed E-state index contributed by atoms with van der Waals surface area (Å²) >= 11 is 0. The molecule has 2 heterocycles. The fraction of sp³-hybridized carbons (Fsp3) is 0.263. The lowest BCUT2D eigenvalue weighted by Crippen LogP contribution is -2.17. The molecule has 3 rings (SSSR count). The second kappa shape index (κ2) is 7.55. The SMILES string of the molecule is C=CCn1c(NC(=O)c2oc(C)nc2CC)nc2cc(C(N)=O)cc(OC)c21. The van der Waals surface area contributed by atoms with Gasteiger partial charge < -0.3 is 19.5 Å². The van der Waals surface area contributed by atoms with Gasteiger partial charge in [0.05, 0.1) is 18.3 Å². The van der Waals surface area contributed by atoms with Crippen LogP contribution >= 0.6 is 0 Å². The molecule has 9 heteroatoms. The number of carbonyl (C=O) groups is 2. The standard InChI is InChI=1S/C19H21N5O4/c1-5-7-24-15-13(8-11(17(20)25)9-14(15)27-4)22-19(24)23-18(26)16-12(6-2)21-10(3)28-16/h5,8-9H,1,6-7H2,2-4H3,(H2,20,25)(H,22,23,26). The Morgan fingerprint density at radius 2 is 2.14 bits per heavy atom. The lowest BCUT2D eigenvalue weighted by molar-refractivity contribution is 0.0988. The predicted octanol–water partition coefficient (Wildman–Crippen LogP) is 2.44. The number of aromatic nitrogens is 3. The lowest BCUT2D eigenvalue weighted by Gasteiger charge is -2.10. The number of nitrogens with zero attached hydrogens (tertiary/aromatic N) is 3. The zero-order chi connectivity index (χ0) is 20.4. The number of carbonyl (C=O) groups excluding carboxylic acids is 2. The molecule has 0 atom stereocenters. The number of hydrogen-bond donors (Lipinski definition) is 2. The second-order valence-electron chi connectivity index (χ2n) is 6.06. The third-order valence-electron chi connectivity index (χ3n) is 4.19. The van der Waals surface area contributed by atoms with Crippen molar-refractivity contribution < 1.29 is 18.7 Å². The van der Waals surface area contributed by atoms with Crippen molar-refractivity contribution in [3.05, 3.63) is 47.7 Å². The minimum Gasteiger partial charge on any atom is -0.494 e. The van der Waals surface area contributed by atoms with E-state index in [0.717, 1.165) is 0 Å². The molecule has 0 aliphatic rings. The molecule has 28 heavy (non-hydrogen) atoms. The number of anilines is 1. The van der Waals surface area contributed by atoms with Crippen molar-refractivity contribution in [3.63, 3.8) is 0 Å². The molecule has 0 saturated heterocycles. The number of benzene rings is 1. The Morgan fingerprint density at radius 3 is 2.75 bits per heavy atom. The summed E-state index contributed by atoms with van der Waals surface area (Å²) in [6, 6.07) is 3.08. The van der Waals surface area contributed by atoms with Gasteiger partial charge in [-0.2, -0.15) is 0 Å². The van der Waals surface area contributed by atoms with Crippen LogP contribution in [0.4, 0.5) is 5.95 Å². The van der Waals surface area contributed by atoms with Crippen LogP contribution in [0, 0.1) is 6.92 Å². The maximum atomic E-state index is 12.7. The highest BCUT2D eigenvalue weighted by Crippen LogP contribution is 2.31. The molecular formula is C19H21N5O4. The molecule has 2 aromatic heterocycles. The van der Waals surface area contributed by atoms with Crippen molar-refractivity contribution in [3.8, 4) is 5.75 Å². The summed E-state index contributed by atoms with van der Waals surface area (Å²) in [5, 5.41) is 2.75. The van der Waals surface area contributed by atoms with E-state index in [4.69, 9.17) is 14.9 Å². The molecule has 0 unspecified atom stereocenters. The first kappa shape index (κ1) is 19.2. The Labute approximate surface area is 161 Å². The van der Waals surface area contributed by atoms with Crippen molar-refractivity contribution in [2.45, 2.75) is 26.8 Å². The largest absolute Gasteiger partial charge is 0.494 e. The highest BCUT2D eigenvalue weighted by Gasteiger charge is 2.22. The van der Waals surface area contributed by atoms with Gasteiger partial charge in [-0.15, -0.1) is 6.58 Å². The molecule has 0 aliphatic heterocycles. The maximum Gasteiger partial charge on any atom is 0.295 e. The summed E-state index contributed by atoms with van der Waals surface area (Å²) < 4.78 is 12.6. The van der Waals surface area contributed by atoms with Crippen LogP contribution in [0.3, 0.4) is 0 Å². The van der Waals surface area contributed by atoms with E-state index < -0.39 is 11.8 Å². The Balaban J connectivity index is 2.11. The summed E-state index contributed by atoms with van der Waals surface area (Å²) in [6.45, 7) is 7.67. The number of methoxy groups -OCH3 is 1. The third kappa shape index (κ3) is 3.34. The van der Waals surface area contributed by atoms with E-state index in [1.807, 2.05) is 6.92 Å². The number of rotatable bonds is 7. The molecule has 0 radical (unpaired) electrons. The highest BCUT2D eigenvalue weighted by atomic mass is 16.5. The van der Waals surface area contributed by atoms with Gasteiger partial charge in [0.1, 0.15) is 11.3 Å².